The Kier molecular flexibility index (Phi) is 5.63. The van der Waals surface area contributed by atoms with Gasteiger partial charge in [-0.2, -0.15) is 20.7 Å². The van der Waals surface area contributed by atoms with Crippen molar-refractivity contribution < 1.29 is 31.9 Å². The van der Waals surface area contributed by atoms with E-state index in [0.29, 0.717) is 0 Å². The normalized spacial score (nSPS) is 15.5. The molecule has 1 aliphatic rings. The number of halogens is 4. The van der Waals surface area contributed by atoms with Gasteiger partial charge in [0.25, 0.3) is 23.5 Å². The van der Waals surface area contributed by atoms with Crippen molar-refractivity contribution in [3.63, 3.8) is 0 Å². The average Bonchev–Trinajstić information content (AvgIpc) is 3.41. The molecule has 14 heteroatoms. The Morgan fingerprint density at radius 2 is 1.94 bits per heavy atom. The van der Waals surface area contributed by atoms with E-state index < -0.39 is 64.8 Å². The number of alkyl halides is 2. The van der Waals surface area contributed by atoms with Crippen molar-refractivity contribution in [2.24, 2.45) is 7.05 Å². The highest BCUT2D eigenvalue weighted by Gasteiger charge is 2.60. The van der Waals surface area contributed by atoms with Crippen molar-refractivity contribution in [1.82, 2.24) is 25.3 Å². The maximum absolute atomic E-state index is 15.0. The number of amides is 2. The fraction of sp³-hybridized carbons (Fsp3) is 0.238. The zero-order chi connectivity index (χ0) is 25.5. The summed E-state index contributed by atoms with van der Waals surface area (Å²) in [6.07, 6.45) is 0.353. The highest BCUT2D eigenvalue weighted by molar-refractivity contribution is 6.43. The number of carbonyl (C=O) groups is 3. The number of nitriles is 1. The Balaban J connectivity index is 1.55. The second kappa shape index (κ2) is 8.35. The van der Waals surface area contributed by atoms with Crippen LogP contribution < -0.4 is 10.6 Å². The molecule has 1 fully saturated rings. The summed E-state index contributed by atoms with van der Waals surface area (Å²) in [6.45, 7) is 0. The van der Waals surface area contributed by atoms with E-state index >= 15 is 4.39 Å². The maximum atomic E-state index is 15.0. The predicted molar refractivity (Wildman–Crippen MR) is 109 cm³/mol. The number of aryl methyl sites for hydroxylation is 1. The number of hydrogen-bond donors (Lipinski definition) is 3. The highest BCUT2D eigenvalue weighted by atomic mass is 19.3. The number of hydrogen-bond acceptors (Lipinski definition) is 6. The van der Waals surface area contributed by atoms with Crippen LogP contribution in [0.5, 0.6) is 0 Å². The van der Waals surface area contributed by atoms with E-state index in [4.69, 9.17) is 5.26 Å². The fourth-order valence-electron chi connectivity index (χ4n) is 3.89. The van der Waals surface area contributed by atoms with Gasteiger partial charge >= 0.3 is 0 Å². The Hall–Kier alpha value is -4.54. The molecule has 0 unspecified atom stereocenters. The van der Waals surface area contributed by atoms with Gasteiger partial charge in [0.2, 0.25) is 0 Å². The van der Waals surface area contributed by atoms with Crippen LogP contribution in [0.4, 0.5) is 23.2 Å². The molecule has 0 bridgehead atoms. The van der Waals surface area contributed by atoms with Crippen LogP contribution in [-0.2, 0) is 17.4 Å². The topological polar surface area (TPSA) is 146 Å². The van der Waals surface area contributed by atoms with Crippen molar-refractivity contribution in [1.29, 1.82) is 5.26 Å². The summed E-state index contributed by atoms with van der Waals surface area (Å²) in [4.78, 5) is 37.9. The maximum Gasteiger partial charge on any atom is 0.293 e. The lowest BCUT2D eigenvalue weighted by molar-refractivity contribution is -0.148. The van der Waals surface area contributed by atoms with Gasteiger partial charge in [0.1, 0.15) is 23.3 Å². The third-order valence-electron chi connectivity index (χ3n) is 5.51. The molecular weight excluding hydrogens is 474 g/mol. The molecule has 0 saturated heterocycles. The number of aromatic nitrogens is 4. The molecule has 10 nitrogen and oxygen atoms in total. The number of nitrogens with zero attached hydrogens (tertiary/aromatic N) is 4. The predicted octanol–water partition coefficient (Wildman–Crippen LogP) is 2.17. The van der Waals surface area contributed by atoms with Gasteiger partial charge in [0.05, 0.1) is 22.9 Å². The Labute approximate surface area is 193 Å². The van der Waals surface area contributed by atoms with Gasteiger partial charge in [-0.15, -0.1) is 0 Å². The van der Waals surface area contributed by atoms with E-state index in [1.807, 2.05) is 0 Å². The van der Waals surface area contributed by atoms with Gasteiger partial charge in [0, 0.05) is 31.8 Å². The smallest absolute Gasteiger partial charge is 0.293 e. The number of anilines is 1. The number of aromatic amines is 1. The zero-order valence-corrected chi connectivity index (χ0v) is 17.8. The molecule has 2 amide bonds. The lowest BCUT2D eigenvalue weighted by Crippen LogP contribution is -2.61. The first kappa shape index (κ1) is 23.6. The molecule has 0 aliphatic heterocycles. The van der Waals surface area contributed by atoms with Crippen LogP contribution in [0.1, 0.15) is 44.9 Å². The quantitative estimate of drug-likeness (QED) is 0.275. The van der Waals surface area contributed by atoms with Crippen LogP contribution in [0.2, 0.25) is 0 Å². The van der Waals surface area contributed by atoms with Gasteiger partial charge in [-0.1, -0.05) is 0 Å². The van der Waals surface area contributed by atoms with Crippen molar-refractivity contribution in [3.05, 3.63) is 64.7 Å². The van der Waals surface area contributed by atoms with E-state index in [1.54, 1.807) is 6.07 Å². The number of rotatable bonds is 6. The Morgan fingerprint density at radius 1 is 1.23 bits per heavy atom. The first-order valence-corrected chi connectivity index (χ1v) is 9.93. The number of nitrogens with one attached hydrogen (secondary N) is 3. The largest absolute Gasteiger partial charge is 0.343 e. The van der Waals surface area contributed by atoms with Crippen LogP contribution >= 0.6 is 0 Å². The van der Waals surface area contributed by atoms with Crippen LogP contribution in [0, 0.1) is 23.0 Å². The average molecular weight is 489 g/mol. The molecule has 1 aliphatic carbocycles. The van der Waals surface area contributed by atoms with E-state index in [1.165, 1.54) is 7.05 Å². The molecular formula is C21H15F4N7O3. The van der Waals surface area contributed by atoms with Crippen molar-refractivity contribution >= 4 is 23.3 Å². The third-order valence-corrected chi connectivity index (χ3v) is 5.51. The van der Waals surface area contributed by atoms with Gasteiger partial charge in [-0.05, 0) is 18.2 Å². The van der Waals surface area contributed by atoms with Gasteiger partial charge in [0.15, 0.2) is 5.82 Å². The van der Waals surface area contributed by atoms with E-state index in [0.717, 1.165) is 35.2 Å². The lowest BCUT2D eigenvalue weighted by atomic mass is 9.71. The summed E-state index contributed by atoms with van der Waals surface area (Å²) < 4.78 is 56.7. The molecule has 0 spiro atoms. The third kappa shape index (κ3) is 4.23. The van der Waals surface area contributed by atoms with Crippen LogP contribution in [0.25, 0.3) is 0 Å². The molecule has 1 aromatic carbocycles. The minimum atomic E-state index is -3.11. The number of Topliss-reactive ketones (excluding diaryl/α,β-unsaturated/α-hetero) is 1. The van der Waals surface area contributed by atoms with Crippen LogP contribution in [-0.4, -0.2) is 43.5 Å². The summed E-state index contributed by atoms with van der Waals surface area (Å²) in [5.41, 5.74) is -3.46. The molecule has 180 valence electrons. The second-order valence-electron chi connectivity index (χ2n) is 8.01. The van der Waals surface area contributed by atoms with Crippen molar-refractivity contribution in [3.8, 4) is 6.07 Å². The number of benzene rings is 1. The molecule has 0 atom stereocenters. The van der Waals surface area contributed by atoms with Crippen molar-refractivity contribution in [2.75, 3.05) is 5.32 Å². The summed E-state index contributed by atoms with van der Waals surface area (Å²) >= 11 is 0. The van der Waals surface area contributed by atoms with Crippen LogP contribution in [0.15, 0.2) is 30.6 Å². The molecule has 1 saturated carbocycles. The molecule has 3 aromatic rings. The standard InChI is InChI=1S/C21H15F4N7O3/c1-32-7-12(15(23)16(32)18(34)28-11-2-3-13(22)10(4-11)5-26)17(33)19(35)29-20(8-21(24,25)9-20)14-6-27-31-30-14/h2-4,6-7H,8-9H2,1H3,(H,28,34)(H,29,35)(H,27,30,31). The number of ketones is 1. The first-order valence-electron chi connectivity index (χ1n) is 9.93. The Bertz CT molecular complexity index is 1380. The molecule has 35 heavy (non-hydrogen) atoms. The van der Waals surface area contributed by atoms with Crippen LogP contribution in [0.3, 0.4) is 0 Å². The molecule has 4 rings (SSSR count). The van der Waals surface area contributed by atoms with E-state index in [9.17, 15) is 27.6 Å². The fourth-order valence-corrected chi connectivity index (χ4v) is 3.89. The molecule has 3 N–H and O–H groups in total. The minimum Gasteiger partial charge on any atom is -0.343 e. The number of H-pyrrole nitrogens is 1. The van der Waals surface area contributed by atoms with E-state index in [2.05, 4.69) is 26.0 Å². The number of carbonyl (C=O) groups excluding carboxylic acids is 3. The molecule has 2 heterocycles. The summed E-state index contributed by atoms with van der Waals surface area (Å²) in [6, 6.07) is 4.71. The monoisotopic (exact) mass is 489 g/mol. The first-order chi connectivity index (χ1) is 16.5. The van der Waals surface area contributed by atoms with Gasteiger partial charge in [-0.3, -0.25) is 14.4 Å². The molecule has 2 aromatic heterocycles. The zero-order valence-electron chi connectivity index (χ0n) is 17.8. The second-order valence-corrected chi connectivity index (χ2v) is 8.01. The van der Waals surface area contributed by atoms with E-state index in [-0.39, 0.29) is 16.9 Å². The SMILES string of the molecule is Cn1cc(C(=O)C(=O)NC2(c3cn[nH]n3)CC(F)(F)C2)c(F)c1C(=O)Nc1ccc(F)c(C#N)c1. The summed E-state index contributed by atoms with van der Waals surface area (Å²) in [7, 11) is 1.24. The van der Waals surface area contributed by atoms with Gasteiger partial charge in [-0.25, -0.2) is 17.6 Å². The minimum absolute atomic E-state index is 0.0142. The van der Waals surface area contributed by atoms with Crippen molar-refractivity contribution in [2.45, 2.75) is 24.3 Å². The summed E-state index contributed by atoms with van der Waals surface area (Å²) in [5, 5.41) is 22.8. The molecule has 0 radical (unpaired) electrons. The lowest BCUT2D eigenvalue weighted by Gasteiger charge is -2.46. The Morgan fingerprint density at radius 3 is 2.54 bits per heavy atom. The van der Waals surface area contributed by atoms with Gasteiger partial charge < -0.3 is 15.2 Å². The highest BCUT2D eigenvalue weighted by Crippen LogP contribution is 2.51. The summed E-state index contributed by atoms with van der Waals surface area (Å²) in [5.74, 6) is -9.08.